The van der Waals surface area contributed by atoms with Crippen molar-refractivity contribution in [2.75, 3.05) is 7.11 Å². The third-order valence-electron chi connectivity index (χ3n) is 1.60. The molecule has 0 saturated carbocycles. The minimum Gasteiger partial charge on any atom is -0.378 e. The molecular formula is C9H19NO. The van der Waals surface area contributed by atoms with Crippen molar-refractivity contribution in [1.82, 2.24) is 0 Å². The topological polar surface area (TPSA) is 35.2 Å². The van der Waals surface area contributed by atoms with Gasteiger partial charge in [-0.2, -0.15) is 0 Å². The van der Waals surface area contributed by atoms with Crippen LogP contribution < -0.4 is 5.73 Å². The van der Waals surface area contributed by atoms with Crippen molar-refractivity contribution in [3.63, 3.8) is 0 Å². The van der Waals surface area contributed by atoms with Gasteiger partial charge in [0.15, 0.2) is 0 Å². The summed E-state index contributed by atoms with van der Waals surface area (Å²) in [6.45, 7) is 6.06. The molecule has 0 spiro atoms. The maximum absolute atomic E-state index is 5.54. The summed E-state index contributed by atoms with van der Waals surface area (Å²) in [7, 11) is 1.72. The van der Waals surface area contributed by atoms with Gasteiger partial charge in [-0.25, -0.2) is 0 Å². The van der Waals surface area contributed by atoms with Crippen LogP contribution in [0.25, 0.3) is 0 Å². The van der Waals surface area contributed by atoms with Gasteiger partial charge in [-0.05, 0) is 27.2 Å². The summed E-state index contributed by atoms with van der Waals surface area (Å²) < 4.78 is 5.23. The van der Waals surface area contributed by atoms with Crippen LogP contribution in [0.15, 0.2) is 12.2 Å². The van der Waals surface area contributed by atoms with E-state index in [0.717, 1.165) is 6.42 Å². The third kappa shape index (κ3) is 6.07. The second-order valence-corrected chi connectivity index (χ2v) is 3.46. The first kappa shape index (κ1) is 10.7. The van der Waals surface area contributed by atoms with E-state index in [9.17, 15) is 0 Å². The first-order chi connectivity index (χ1) is 4.98. The first-order valence-corrected chi connectivity index (χ1v) is 3.95. The van der Waals surface area contributed by atoms with E-state index in [0.29, 0.717) is 0 Å². The van der Waals surface area contributed by atoms with Crippen molar-refractivity contribution in [2.45, 2.75) is 38.8 Å². The Morgan fingerprint density at radius 3 is 2.45 bits per heavy atom. The van der Waals surface area contributed by atoms with E-state index in [2.05, 4.69) is 19.9 Å². The predicted molar refractivity (Wildman–Crippen MR) is 48.5 cm³/mol. The molecular weight excluding hydrogens is 138 g/mol. The fourth-order valence-electron chi connectivity index (χ4n) is 0.650. The van der Waals surface area contributed by atoms with Gasteiger partial charge in [-0.1, -0.05) is 12.2 Å². The Balaban J connectivity index is 3.69. The van der Waals surface area contributed by atoms with Gasteiger partial charge < -0.3 is 10.5 Å². The molecule has 2 N–H and O–H groups in total. The zero-order valence-electron chi connectivity index (χ0n) is 7.92. The Morgan fingerprint density at radius 1 is 1.55 bits per heavy atom. The van der Waals surface area contributed by atoms with Gasteiger partial charge in [-0.15, -0.1) is 0 Å². The van der Waals surface area contributed by atoms with Crippen molar-refractivity contribution in [2.24, 2.45) is 5.73 Å². The van der Waals surface area contributed by atoms with Crippen molar-refractivity contribution in [3.8, 4) is 0 Å². The summed E-state index contributed by atoms with van der Waals surface area (Å²) in [4.78, 5) is 0. The Kier molecular flexibility index (Phi) is 4.38. The molecule has 0 aliphatic rings. The van der Waals surface area contributed by atoms with Crippen LogP contribution in [0.1, 0.15) is 27.2 Å². The first-order valence-electron chi connectivity index (χ1n) is 3.95. The molecule has 1 unspecified atom stereocenters. The Labute approximate surface area is 69.4 Å². The number of rotatable bonds is 4. The fourth-order valence-corrected chi connectivity index (χ4v) is 0.650. The normalized spacial score (nSPS) is 15.7. The zero-order valence-corrected chi connectivity index (χ0v) is 7.92. The molecule has 0 aromatic carbocycles. The largest absolute Gasteiger partial charge is 0.378 e. The Morgan fingerprint density at radius 2 is 2.09 bits per heavy atom. The molecule has 0 rings (SSSR count). The molecule has 0 radical (unpaired) electrons. The molecule has 0 aliphatic carbocycles. The maximum Gasteiger partial charge on any atom is 0.0657 e. The van der Waals surface area contributed by atoms with Crippen LogP contribution in [0.4, 0.5) is 0 Å². The fraction of sp³-hybridized carbons (Fsp3) is 0.778. The number of hydrogen-bond acceptors (Lipinski definition) is 2. The number of ether oxygens (including phenoxy) is 1. The summed E-state index contributed by atoms with van der Waals surface area (Å²) in [5.41, 5.74) is 5.47. The van der Waals surface area contributed by atoms with E-state index in [4.69, 9.17) is 10.5 Å². The summed E-state index contributed by atoms with van der Waals surface area (Å²) >= 11 is 0. The van der Waals surface area contributed by atoms with Crippen LogP contribution in [0.2, 0.25) is 0 Å². The average molecular weight is 157 g/mol. The number of nitrogens with two attached hydrogens (primary N) is 1. The summed E-state index contributed by atoms with van der Waals surface area (Å²) in [6.07, 6.45) is 4.96. The lowest BCUT2D eigenvalue weighted by Crippen LogP contribution is -2.21. The lowest BCUT2D eigenvalue weighted by molar-refractivity contribution is 0.0254. The highest BCUT2D eigenvalue weighted by atomic mass is 16.5. The van der Waals surface area contributed by atoms with Crippen molar-refractivity contribution >= 4 is 0 Å². The van der Waals surface area contributed by atoms with Crippen LogP contribution in [0, 0.1) is 0 Å². The van der Waals surface area contributed by atoms with Gasteiger partial charge in [0.05, 0.1) is 5.60 Å². The van der Waals surface area contributed by atoms with Gasteiger partial charge in [0.1, 0.15) is 0 Å². The third-order valence-corrected chi connectivity index (χ3v) is 1.60. The summed E-state index contributed by atoms with van der Waals surface area (Å²) in [5, 5.41) is 0. The van der Waals surface area contributed by atoms with Crippen LogP contribution in [0.3, 0.4) is 0 Å². The van der Waals surface area contributed by atoms with E-state index >= 15 is 0 Å². The van der Waals surface area contributed by atoms with E-state index in [-0.39, 0.29) is 11.6 Å². The Bertz CT molecular complexity index is 128. The smallest absolute Gasteiger partial charge is 0.0657 e. The van der Waals surface area contributed by atoms with Crippen LogP contribution in [-0.4, -0.2) is 18.8 Å². The van der Waals surface area contributed by atoms with Crippen LogP contribution >= 0.6 is 0 Å². The Hall–Kier alpha value is -0.340. The van der Waals surface area contributed by atoms with Crippen molar-refractivity contribution in [1.29, 1.82) is 0 Å². The second-order valence-electron chi connectivity index (χ2n) is 3.46. The summed E-state index contributed by atoms with van der Waals surface area (Å²) in [5.74, 6) is 0. The molecule has 2 heteroatoms. The van der Waals surface area contributed by atoms with Crippen molar-refractivity contribution < 1.29 is 4.74 Å². The van der Waals surface area contributed by atoms with Gasteiger partial charge in [-0.3, -0.25) is 0 Å². The monoisotopic (exact) mass is 157 g/mol. The molecule has 1 atom stereocenters. The minimum atomic E-state index is -0.0641. The van der Waals surface area contributed by atoms with Gasteiger partial charge >= 0.3 is 0 Å². The van der Waals surface area contributed by atoms with E-state index in [1.807, 2.05) is 13.0 Å². The van der Waals surface area contributed by atoms with E-state index in [1.54, 1.807) is 7.11 Å². The lowest BCUT2D eigenvalue weighted by atomic mass is 10.0. The quantitative estimate of drug-likeness (QED) is 0.630. The summed E-state index contributed by atoms with van der Waals surface area (Å²) in [6, 6.07) is 0.141. The average Bonchev–Trinajstić information content (AvgIpc) is 1.87. The zero-order chi connectivity index (χ0) is 8.91. The molecule has 11 heavy (non-hydrogen) atoms. The van der Waals surface area contributed by atoms with E-state index < -0.39 is 0 Å². The highest BCUT2D eigenvalue weighted by Gasteiger charge is 2.12. The second kappa shape index (κ2) is 4.52. The highest BCUT2D eigenvalue weighted by Crippen LogP contribution is 2.12. The van der Waals surface area contributed by atoms with Gasteiger partial charge in [0, 0.05) is 13.2 Å². The molecule has 0 aromatic rings. The van der Waals surface area contributed by atoms with Crippen LogP contribution in [-0.2, 0) is 4.74 Å². The number of hydrogen-bond donors (Lipinski definition) is 1. The minimum absolute atomic E-state index is 0.0641. The molecule has 0 aliphatic heterocycles. The predicted octanol–water partition coefficient (Wildman–Crippen LogP) is 1.70. The molecule has 0 fully saturated rings. The SMILES string of the molecule is COC(C)(C)C/C=C/C(C)N. The molecule has 0 bridgehead atoms. The molecule has 2 nitrogen and oxygen atoms in total. The van der Waals surface area contributed by atoms with Crippen LogP contribution in [0.5, 0.6) is 0 Å². The number of methoxy groups -OCH3 is 1. The van der Waals surface area contributed by atoms with E-state index in [1.165, 1.54) is 0 Å². The molecule has 0 heterocycles. The highest BCUT2D eigenvalue weighted by molar-refractivity contribution is 4.92. The molecule has 0 saturated heterocycles. The molecule has 66 valence electrons. The van der Waals surface area contributed by atoms with Crippen molar-refractivity contribution in [3.05, 3.63) is 12.2 Å². The maximum atomic E-state index is 5.54. The van der Waals surface area contributed by atoms with Gasteiger partial charge in [0.2, 0.25) is 0 Å². The van der Waals surface area contributed by atoms with Gasteiger partial charge in [0.25, 0.3) is 0 Å². The lowest BCUT2D eigenvalue weighted by Gasteiger charge is -2.20. The standard InChI is InChI=1S/C9H19NO/c1-8(10)6-5-7-9(2,3)11-4/h5-6,8H,7,10H2,1-4H3/b6-5+. The molecule has 0 amide bonds. The molecule has 0 aromatic heterocycles.